The smallest absolute Gasteiger partial charge is 0.167 e. The molecule has 106 valence electrons. The van der Waals surface area contributed by atoms with Gasteiger partial charge in [0.05, 0.1) is 12.8 Å². The van der Waals surface area contributed by atoms with Gasteiger partial charge in [-0.15, -0.1) is 0 Å². The third-order valence-corrected chi connectivity index (χ3v) is 3.53. The molecule has 0 saturated heterocycles. The van der Waals surface area contributed by atoms with Crippen molar-refractivity contribution in [2.45, 2.75) is 6.92 Å². The first-order valence-electron chi connectivity index (χ1n) is 6.55. The largest absolute Gasteiger partial charge is 0.496 e. The van der Waals surface area contributed by atoms with Crippen LogP contribution in [0.2, 0.25) is 0 Å². The Hall–Kier alpha value is -2.62. The Labute approximate surface area is 121 Å². The van der Waals surface area contributed by atoms with Crippen molar-refractivity contribution in [3.63, 3.8) is 0 Å². The van der Waals surface area contributed by atoms with Gasteiger partial charge in [-0.2, -0.15) is 0 Å². The number of aldehydes is 1. The molecule has 3 aromatic rings. The molecule has 0 unspecified atom stereocenters. The molecule has 0 amide bonds. The van der Waals surface area contributed by atoms with Crippen LogP contribution in [0.5, 0.6) is 5.75 Å². The maximum atomic E-state index is 13.6. The molecule has 0 atom stereocenters. The fraction of sp³-hybridized carbons (Fsp3) is 0.118. The van der Waals surface area contributed by atoms with Crippen molar-refractivity contribution >= 4 is 11.8 Å². The number of aromatic nitrogens is 1. The van der Waals surface area contributed by atoms with Crippen molar-refractivity contribution in [2.24, 2.45) is 0 Å². The monoisotopic (exact) mass is 283 g/mol. The number of methoxy groups -OCH3 is 1. The van der Waals surface area contributed by atoms with Crippen LogP contribution < -0.4 is 4.74 Å². The lowest BCUT2D eigenvalue weighted by molar-refractivity contribution is 0.111. The molecule has 0 aliphatic heterocycles. The number of hydrogen-bond donors (Lipinski definition) is 0. The molecule has 3 nitrogen and oxygen atoms in total. The molecule has 0 aliphatic rings. The van der Waals surface area contributed by atoms with Gasteiger partial charge in [-0.3, -0.25) is 4.79 Å². The van der Waals surface area contributed by atoms with Crippen molar-refractivity contribution in [3.05, 3.63) is 59.7 Å². The molecule has 0 bridgehead atoms. The normalized spacial score (nSPS) is 10.8. The van der Waals surface area contributed by atoms with E-state index in [9.17, 15) is 9.18 Å². The van der Waals surface area contributed by atoms with Crippen LogP contribution in [-0.2, 0) is 0 Å². The molecule has 0 aliphatic carbocycles. The van der Waals surface area contributed by atoms with E-state index in [0.29, 0.717) is 22.6 Å². The summed E-state index contributed by atoms with van der Waals surface area (Å²) >= 11 is 0. The van der Waals surface area contributed by atoms with E-state index in [2.05, 4.69) is 0 Å². The van der Waals surface area contributed by atoms with Crippen LogP contribution in [-0.4, -0.2) is 17.8 Å². The fourth-order valence-corrected chi connectivity index (χ4v) is 2.54. The van der Waals surface area contributed by atoms with Crippen molar-refractivity contribution in [1.82, 2.24) is 4.40 Å². The Morgan fingerprint density at radius 1 is 1.14 bits per heavy atom. The lowest BCUT2D eigenvalue weighted by Gasteiger charge is -2.08. The minimum atomic E-state index is -0.367. The molecule has 21 heavy (non-hydrogen) atoms. The van der Waals surface area contributed by atoms with E-state index in [1.807, 2.05) is 31.3 Å². The summed E-state index contributed by atoms with van der Waals surface area (Å²) in [6.45, 7) is 1.98. The average Bonchev–Trinajstić information content (AvgIpc) is 2.84. The number of benzene rings is 1. The predicted octanol–water partition coefficient (Wildman–Crippen LogP) is 3.87. The minimum absolute atomic E-state index is 0.367. The Bertz CT molecular complexity index is 836. The van der Waals surface area contributed by atoms with E-state index < -0.39 is 0 Å². The van der Waals surface area contributed by atoms with E-state index >= 15 is 0 Å². The van der Waals surface area contributed by atoms with Gasteiger partial charge < -0.3 is 9.14 Å². The highest BCUT2D eigenvalue weighted by atomic mass is 19.1. The molecule has 1 aromatic carbocycles. The Balaban J connectivity index is 2.34. The van der Waals surface area contributed by atoms with Crippen molar-refractivity contribution in [1.29, 1.82) is 0 Å². The van der Waals surface area contributed by atoms with Crippen LogP contribution in [0, 0.1) is 12.7 Å². The topological polar surface area (TPSA) is 30.7 Å². The molecule has 0 radical (unpaired) electrons. The average molecular weight is 283 g/mol. The van der Waals surface area contributed by atoms with E-state index in [1.165, 1.54) is 19.2 Å². The Morgan fingerprint density at radius 3 is 2.67 bits per heavy atom. The first-order valence-corrected chi connectivity index (χ1v) is 6.55. The lowest BCUT2D eigenvalue weighted by Crippen LogP contribution is -1.94. The van der Waals surface area contributed by atoms with Gasteiger partial charge in [-0.1, -0.05) is 0 Å². The van der Waals surface area contributed by atoms with Crippen molar-refractivity contribution < 1.29 is 13.9 Å². The molecule has 2 aromatic heterocycles. The Morgan fingerprint density at radius 2 is 1.95 bits per heavy atom. The SMILES string of the molecule is COc1ccc(F)cc1-c1cc2cc(C)ccn2c1C=O. The molecule has 0 fully saturated rings. The number of ether oxygens (including phenoxy) is 1. The quantitative estimate of drug-likeness (QED) is 0.683. The summed E-state index contributed by atoms with van der Waals surface area (Å²) in [6, 6.07) is 10.0. The van der Waals surface area contributed by atoms with Crippen LogP contribution in [0.4, 0.5) is 4.39 Å². The summed E-state index contributed by atoms with van der Waals surface area (Å²) in [4.78, 5) is 11.5. The first kappa shape index (κ1) is 13.4. The van der Waals surface area contributed by atoms with Gasteiger partial charge in [0.25, 0.3) is 0 Å². The molecular weight excluding hydrogens is 269 g/mol. The second-order valence-electron chi connectivity index (χ2n) is 4.90. The molecule has 2 heterocycles. The van der Waals surface area contributed by atoms with E-state index in [-0.39, 0.29) is 5.82 Å². The van der Waals surface area contributed by atoms with Gasteiger partial charge >= 0.3 is 0 Å². The minimum Gasteiger partial charge on any atom is -0.496 e. The summed E-state index contributed by atoms with van der Waals surface area (Å²) < 4.78 is 20.6. The number of rotatable bonds is 3. The molecule has 3 rings (SSSR count). The zero-order valence-corrected chi connectivity index (χ0v) is 11.8. The lowest BCUT2D eigenvalue weighted by atomic mass is 10.0. The van der Waals surface area contributed by atoms with Crippen LogP contribution in [0.25, 0.3) is 16.6 Å². The molecular formula is C17H14FNO2. The third kappa shape index (κ3) is 2.18. The highest BCUT2D eigenvalue weighted by Gasteiger charge is 2.16. The van der Waals surface area contributed by atoms with Crippen LogP contribution in [0.15, 0.2) is 42.6 Å². The standard InChI is InChI=1S/C17H14FNO2/c1-11-5-6-19-13(7-11)9-14(16(19)10-20)15-8-12(18)3-4-17(15)21-2/h3-10H,1-2H3. The number of nitrogens with zero attached hydrogens (tertiary/aromatic N) is 1. The Kier molecular flexibility index (Phi) is 3.22. The number of hydrogen-bond acceptors (Lipinski definition) is 2. The number of aryl methyl sites for hydroxylation is 1. The maximum absolute atomic E-state index is 13.6. The van der Waals surface area contributed by atoms with Gasteiger partial charge in [0.15, 0.2) is 6.29 Å². The van der Waals surface area contributed by atoms with Crippen LogP contribution in [0.1, 0.15) is 16.1 Å². The third-order valence-electron chi connectivity index (χ3n) is 3.53. The predicted molar refractivity (Wildman–Crippen MR) is 79.5 cm³/mol. The fourth-order valence-electron chi connectivity index (χ4n) is 2.54. The first-order chi connectivity index (χ1) is 10.1. The summed E-state index contributed by atoms with van der Waals surface area (Å²) in [7, 11) is 1.53. The van der Waals surface area contributed by atoms with Crippen molar-refractivity contribution in [2.75, 3.05) is 7.11 Å². The molecule has 0 saturated carbocycles. The number of carbonyl (C=O) groups is 1. The summed E-state index contributed by atoms with van der Waals surface area (Å²) in [5.41, 5.74) is 3.69. The molecule has 0 spiro atoms. The second-order valence-corrected chi connectivity index (χ2v) is 4.90. The zero-order chi connectivity index (χ0) is 15.0. The van der Waals surface area contributed by atoms with Crippen LogP contribution >= 0.6 is 0 Å². The second kappa shape index (κ2) is 5.05. The van der Waals surface area contributed by atoms with E-state index in [4.69, 9.17) is 4.74 Å². The van der Waals surface area contributed by atoms with Gasteiger partial charge in [-0.25, -0.2) is 4.39 Å². The highest BCUT2D eigenvalue weighted by molar-refractivity contribution is 5.91. The van der Waals surface area contributed by atoms with Crippen molar-refractivity contribution in [3.8, 4) is 16.9 Å². The maximum Gasteiger partial charge on any atom is 0.167 e. The summed E-state index contributed by atoms with van der Waals surface area (Å²) in [6.07, 6.45) is 2.62. The van der Waals surface area contributed by atoms with Gasteiger partial charge in [0.2, 0.25) is 0 Å². The van der Waals surface area contributed by atoms with Gasteiger partial charge in [-0.05, 0) is 48.9 Å². The number of fused-ring (bicyclic) bond motifs is 1. The van der Waals surface area contributed by atoms with E-state index in [0.717, 1.165) is 17.4 Å². The number of pyridine rings is 1. The zero-order valence-electron chi connectivity index (χ0n) is 11.8. The number of carbonyl (C=O) groups excluding carboxylic acids is 1. The summed E-state index contributed by atoms with van der Waals surface area (Å²) in [5, 5.41) is 0. The number of halogens is 1. The van der Waals surface area contributed by atoms with Gasteiger partial charge in [0, 0.05) is 22.8 Å². The molecule has 0 N–H and O–H groups in total. The van der Waals surface area contributed by atoms with Crippen LogP contribution in [0.3, 0.4) is 0 Å². The summed E-state index contributed by atoms with van der Waals surface area (Å²) in [5.74, 6) is 0.168. The molecule has 4 heteroatoms. The van der Waals surface area contributed by atoms with E-state index in [1.54, 1.807) is 10.5 Å². The highest BCUT2D eigenvalue weighted by Crippen LogP contribution is 2.34. The van der Waals surface area contributed by atoms with Gasteiger partial charge in [0.1, 0.15) is 11.6 Å².